The van der Waals surface area contributed by atoms with Gasteiger partial charge in [0.1, 0.15) is 0 Å². The molecule has 0 unspecified atom stereocenters. The molecule has 0 saturated carbocycles. The minimum atomic E-state index is -0.250. The van der Waals surface area contributed by atoms with Crippen LogP contribution in [0.2, 0.25) is 10.0 Å². The number of rotatable bonds is 4. The first kappa shape index (κ1) is 24.2. The van der Waals surface area contributed by atoms with Crippen LogP contribution in [0.5, 0.6) is 0 Å². The van der Waals surface area contributed by atoms with E-state index in [9.17, 15) is 5.11 Å². The van der Waals surface area contributed by atoms with Gasteiger partial charge in [-0.25, -0.2) is 0 Å². The monoisotopic (exact) mass is 484 g/mol. The molecule has 3 rings (SSSR count). The third kappa shape index (κ3) is 5.50. The summed E-state index contributed by atoms with van der Waals surface area (Å²) >= 11 is 18.0. The lowest BCUT2D eigenvalue weighted by Crippen LogP contribution is -2.40. The van der Waals surface area contributed by atoms with E-state index in [2.05, 4.69) is 26.1 Å². The maximum Gasteiger partial charge on any atom is 0.238 e. The molecule has 0 aliphatic carbocycles. The van der Waals surface area contributed by atoms with Crippen LogP contribution in [0, 0.1) is 13.8 Å². The molecule has 32 heavy (non-hydrogen) atoms. The van der Waals surface area contributed by atoms with Crippen molar-refractivity contribution < 1.29 is 9.67 Å². The normalized spacial score (nSPS) is 12.3. The maximum atomic E-state index is 13.6. The molecule has 6 heteroatoms. The number of aryl methyl sites for hydroxylation is 2. The molecule has 1 heterocycles. The Morgan fingerprint density at radius 1 is 0.938 bits per heavy atom. The summed E-state index contributed by atoms with van der Waals surface area (Å²) in [5, 5.41) is 17.6. The van der Waals surface area contributed by atoms with Gasteiger partial charge in [-0.1, -0.05) is 74.4 Å². The summed E-state index contributed by atoms with van der Waals surface area (Å²) in [5.41, 5.74) is 4.88. The van der Waals surface area contributed by atoms with E-state index in [0.717, 1.165) is 22.4 Å². The lowest BCUT2D eigenvalue weighted by Gasteiger charge is -2.20. The van der Waals surface area contributed by atoms with Gasteiger partial charge in [-0.05, 0) is 65.5 Å². The Labute approximate surface area is 205 Å². The van der Waals surface area contributed by atoms with Crippen LogP contribution in [0.1, 0.15) is 43.0 Å². The molecule has 0 amide bonds. The number of hydrogen-bond donors (Lipinski definition) is 1. The molecule has 0 bridgehead atoms. The average molecular weight is 485 g/mol. The molecular formula is C26H26Cl2N2OS. The number of hydrogen-bond acceptors (Lipinski definition) is 2. The fourth-order valence-electron chi connectivity index (χ4n) is 3.24. The van der Waals surface area contributed by atoms with Crippen molar-refractivity contribution in [3.63, 3.8) is 0 Å². The first-order valence-electron chi connectivity index (χ1n) is 10.2. The van der Waals surface area contributed by atoms with Crippen molar-refractivity contribution in [3.8, 4) is 0 Å². The van der Waals surface area contributed by atoms with Crippen molar-refractivity contribution in [2.75, 3.05) is 5.32 Å². The minimum absolute atomic E-state index is 0.00952. The van der Waals surface area contributed by atoms with Gasteiger partial charge in [-0.2, -0.15) is 4.57 Å². The molecule has 2 aromatic carbocycles. The summed E-state index contributed by atoms with van der Waals surface area (Å²) in [4.78, 5) is 0.322. The maximum absolute atomic E-state index is 13.6. The number of pyridine rings is 1. The molecule has 0 spiro atoms. The van der Waals surface area contributed by atoms with Crippen LogP contribution >= 0.6 is 35.4 Å². The fraction of sp³-hybridized carbons (Fsp3) is 0.231. The van der Waals surface area contributed by atoms with E-state index in [1.165, 1.54) is 0 Å². The minimum Gasteiger partial charge on any atom is -0.867 e. The van der Waals surface area contributed by atoms with Gasteiger partial charge in [0.25, 0.3) is 0 Å². The van der Waals surface area contributed by atoms with Gasteiger partial charge in [0.2, 0.25) is 5.70 Å². The largest absolute Gasteiger partial charge is 0.867 e. The Morgan fingerprint density at radius 3 is 2.19 bits per heavy atom. The molecule has 0 fully saturated rings. The number of thiocarbonyl (C=S) groups is 1. The highest BCUT2D eigenvalue weighted by Crippen LogP contribution is 2.27. The third-order valence-corrected chi connectivity index (χ3v) is 6.24. The lowest BCUT2D eigenvalue weighted by atomic mass is 9.88. The molecule has 0 atom stereocenters. The topological polar surface area (TPSA) is 39.0 Å². The van der Waals surface area contributed by atoms with Crippen molar-refractivity contribution in [1.29, 1.82) is 0 Å². The summed E-state index contributed by atoms with van der Waals surface area (Å²) < 4.78 is 1.75. The summed E-state index contributed by atoms with van der Waals surface area (Å²) in [5.74, 6) is -0.250. The van der Waals surface area contributed by atoms with Crippen LogP contribution in [0.4, 0.5) is 5.69 Å². The Hall–Kier alpha value is -2.40. The van der Waals surface area contributed by atoms with E-state index >= 15 is 0 Å². The lowest BCUT2D eigenvalue weighted by molar-refractivity contribution is -0.577. The molecule has 0 saturated heterocycles. The fourth-order valence-corrected chi connectivity index (χ4v) is 3.85. The van der Waals surface area contributed by atoms with Crippen LogP contribution in [0.3, 0.4) is 0 Å². The molecule has 0 aliphatic heterocycles. The smallest absolute Gasteiger partial charge is 0.238 e. The molecule has 0 radical (unpaired) electrons. The number of aromatic nitrogens is 1. The number of anilines is 1. The van der Waals surface area contributed by atoms with Crippen LogP contribution in [0.15, 0.2) is 60.9 Å². The molecule has 3 nitrogen and oxygen atoms in total. The average Bonchev–Trinajstić information content (AvgIpc) is 2.72. The SMILES string of the molecule is Cc1ccc(C)c(NC(=S)/C(=C(\[O-])c2ccc(Cl)c(Cl)c2)[n+]2ccc(C(C)(C)C)cc2)c1. The van der Waals surface area contributed by atoms with Crippen LogP contribution in [-0.4, -0.2) is 4.99 Å². The molecule has 3 aromatic rings. The zero-order valence-electron chi connectivity index (χ0n) is 18.8. The first-order chi connectivity index (χ1) is 15.0. The summed E-state index contributed by atoms with van der Waals surface area (Å²) in [6.07, 6.45) is 3.73. The number of nitrogens with zero attached hydrogens (tertiary/aromatic N) is 1. The quantitative estimate of drug-likeness (QED) is 0.203. The van der Waals surface area contributed by atoms with Gasteiger partial charge in [0.05, 0.1) is 10.0 Å². The summed E-state index contributed by atoms with van der Waals surface area (Å²) in [7, 11) is 0. The summed E-state index contributed by atoms with van der Waals surface area (Å²) in [6.45, 7) is 10.4. The van der Waals surface area contributed by atoms with Crippen LogP contribution in [-0.2, 0) is 5.41 Å². The van der Waals surface area contributed by atoms with Gasteiger partial charge in [0.15, 0.2) is 17.4 Å². The summed E-state index contributed by atoms with van der Waals surface area (Å²) in [6, 6.07) is 14.9. The number of nitrogens with one attached hydrogen (secondary N) is 1. The number of benzene rings is 2. The first-order valence-corrected chi connectivity index (χ1v) is 11.4. The predicted molar refractivity (Wildman–Crippen MR) is 137 cm³/mol. The van der Waals surface area contributed by atoms with Crippen molar-refractivity contribution in [2.45, 2.75) is 40.0 Å². The van der Waals surface area contributed by atoms with Gasteiger partial charge in [-0.15, -0.1) is 0 Å². The van der Waals surface area contributed by atoms with Gasteiger partial charge in [-0.3, -0.25) is 0 Å². The zero-order chi connectivity index (χ0) is 23.6. The zero-order valence-corrected chi connectivity index (χ0v) is 21.1. The van der Waals surface area contributed by atoms with Crippen molar-refractivity contribution >= 4 is 57.6 Å². The number of halogens is 2. The van der Waals surface area contributed by atoms with E-state index in [1.54, 1.807) is 22.8 Å². The Balaban J connectivity index is 2.13. The Bertz CT molecular complexity index is 1200. The van der Waals surface area contributed by atoms with Crippen molar-refractivity contribution in [2.24, 2.45) is 0 Å². The standard InChI is InChI=1S/C26H26Cl2N2OS/c1-16-6-7-17(2)22(14-16)29-25(32)23(24(31)18-8-9-20(27)21(28)15-18)30-12-10-19(11-13-30)26(3,4)5/h6-15H,1-5H3,(H-,29,31,32). The second kappa shape index (κ2) is 9.62. The van der Waals surface area contributed by atoms with Gasteiger partial charge in [0, 0.05) is 17.8 Å². The molecule has 166 valence electrons. The van der Waals surface area contributed by atoms with Crippen LogP contribution < -0.4 is 15.0 Å². The van der Waals surface area contributed by atoms with Crippen molar-refractivity contribution in [1.82, 2.24) is 0 Å². The van der Waals surface area contributed by atoms with Gasteiger partial charge >= 0.3 is 0 Å². The molecular weight excluding hydrogens is 459 g/mol. The van der Waals surface area contributed by atoms with E-state index in [0.29, 0.717) is 26.3 Å². The van der Waals surface area contributed by atoms with Gasteiger partial charge < -0.3 is 10.4 Å². The molecule has 1 N–H and O–H groups in total. The third-order valence-electron chi connectivity index (χ3n) is 5.21. The predicted octanol–water partition coefficient (Wildman–Crippen LogP) is 6.32. The van der Waals surface area contributed by atoms with E-state index in [1.807, 2.05) is 56.6 Å². The highest BCUT2D eigenvalue weighted by Gasteiger charge is 2.22. The Morgan fingerprint density at radius 2 is 1.59 bits per heavy atom. The van der Waals surface area contributed by atoms with E-state index < -0.39 is 0 Å². The second-order valence-corrected chi connectivity index (χ2v) is 10.0. The molecule has 1 aromatic heterocycles. The highest BCUT2D eigenvalue weighted by molar-refractivity contribution is 7.81. The van der Waals surface area contributed by atoms with Crippen LogP contribution in [0.25, 0.3) is 11.5 Å². The molecule has 0 aliphatic rings. The Kier molecular flexibility index (Phi) is 7.29. The highest BCUT2D eigenvalue weighted by atomic mass is 35.5. The van der Waals surface area contributed by atoms with Crippen molar-refractivity contribution in [3.05, 3.63) is 93.2 Å². The van der Waals surface area contributed by atoms with E-state index in [-0.39, 0.29) is 11.2 Å². The van der Waals surface area contributed by atoms with E-state index in [4.69, 9.17) is 35.4 Å². The second-order valence-electron chi connectivity index (χ2n) is 8.82.